The summed E-state index contributed by atoms with van der Waals surface area (Å²) in [5.41, 5.74) is 0. The van der Waals surface area contributed by atoms with E-state index in [1.165, 1.54) is 0 Å². The number of hydrogen-bond donors (Lipinski definition) is 0. The average molecular weight is 300 g/mol. The second kappa shape index (κ2) is 6.60. The molecule has 0 spiro atoms. The van der Waals surface area contributed by atoms with Crippen LogP contribution in [-0.4, -0.2) is 44.8 Å². The van der Waals surface area contributed by atoms with Crippen molar-refractivity contribution in [3.63, 3.8) is 0 Å². The minimum atomic E-state index is 0.0844. The number of para-hydroxylation sites is 1. The highest BCUT2D eigenvalue weighted by atomic mass is 16.5. The molecule has 0 aliphatic carbocycles. The van der Waals surface area contributed by atoms with Gasteiger partial charge in [-0.05, 0) is 12.1 Å². The lowest BCUT2D eigenvalue weighted by molar-refractivity contribution is -0.130. The smallest absolute Gasteiger partial charge is 0.223 e. The quantitative estimate of drug-likeness (QED) is 0.838. The molecule has 1 amide bonds. The van der Waals surface area contributed by atoms with E-state index in [0.29, 0.717) is 19.4 Å². The van der Waals surface area contributed by atoms with E-state index in [0.717, 1.165) is 24.5 Å². The zero-order valence-corrected chi connectivity index (χ0v) is 12.7. The average Bonchev–Trinajstić information content (AvgIpc) is 3.15. The Balaban J connectivity index is 1.47. The van der Waals surface area contributed by atoms with Gasteiger partial charge in [0.15, 0.2) is 0 Å². The van der Waals surface area contributed by atoms with E-state index in [4.69, 9.17) is 4.74 Å². The fourth-order valence-corrected chi connectivity index (χ4v) is 2.65. The molecule has 1 aromatic heterocycles. The number of likely N-dealkylation sites (tertiary alicyclic amines) is 1. The molecule has 1 aliphatic rings. The second-order valence-electron chi connectivity index (χ2n) is 5.54. The van der Waals surface area contributed by atoms with E-state index in [2.05, 4.69) is 10.2 Å². The number of ether oxygens (including phenoxy) is 1. The van der Waals surface area contributed by atoms with Crippen molar-refractivity contribution in [3.05, 3.63) is 42.5 Å². The molecule has 2 heterocycles. The molecule has 6 nitrogen and oxygen atoms in total. The first kappa shape index (κ1) is 14.6. The lowest BCUT2D eigenvalue weighted by Crippen LogP contribution is -2.31. The van der Waals surface area contributed by atoms with Gasteiger partial charge in [-0.15, -0.1) is 10.2 Å². The Morgan fingerprint density at radius 2 is 2.18 bits per heavy atom. The number of hydrogen-bond acceptors (Lipinski definition) is 4. The first-order valence-electron chi connectivity index (χ1n) is 7.55. The van der Waals surface area contributed by atoms with Crippen molar-refractivity contribution in [1.29, 1.82) is 0 Å². The zero-order valence-electron chi connectivity index (χ0n) is 12.7. The molecular formula is C16H20N4O2. The van der Waals surface area contributed by atoms with Crippen LogP contribution in [-0.2, 0) is 18.3 Å². The molecule has 3 rings (SSSR count). The van der Waals surface area contributed by atoms with Gasteiger partial charge in [0.1, 0.15) is 24.0 Å². The van der Waals surface area contributed by atoms with Crippen LogP contribution in [0.15, 0.2) is 36.7 Å². The van der Waals surface area contributed by atoms with Crippen molar-refractivity contribution < 1.29 is 9.53 Å². The summed E-state index contributed by atoms with van der Waals surface area (Å²) in [4.78, 5) is 14.1. The first-order valence-corrected chi connectivity index (χ1v) is 7.55. The molecule has 1 saturated heterocycles. The van der Waals surface area contributed by atoms with Gasteiger partial charge < -0.3 is 14.2 Å². The zero-order chi connectivity index (χ0) is 15.4. The fraction of sp³-hybridized carbons (Fsp3) is 0.438. The third-order valence-corrected chi connectivity index (χ3v) is 3.91. The predicted molar refractivity (Wildman–Crippen MR) is 81.4 cm³/mol. The predicted octanol–water partition coefficient (Wildman–Crippen LogP) is 1.43. The van der Waals surface area contributed by atoms with Crippen molar-refractivity contribution in [3.8, 4) is 5.75 Å². The molecule has 1 aliphatic heterocycles. The van der Waals surface area contributed by atoms with E-state index in [1.807, 2.05) is 46.8 Å². The van der Waals surface area contributed by atoms with Crippen LogP contribution in [0, 0.1) is 0 Å². The number of rotatable bonds is 5. The topological polar surface area (TPSA) is 60.2 Å². The fourth-order valence-electron chi connectivity index (χ4n) is 2.65. The molecule has 0 unspecified atom stereocenters. The number of carbonyl (C=O) groups is 1. The van der Waals surface area contributed by atoms with Gasteiger partial charge in [-0.2, -0.15) is 0 Å². The summed E-state index contributed by atoms with van der Waals surface area (Å²) in [5, 5.41) is 7.83. The molecule has 0 bridgehead atoms. The maximum atomic E-state index is 12.3. The summed E-state index contributed by atoms with van der Waals surface area (Å²) in [6, 6.07) is 9.75. The standard InChI is InChI=1S/C16H20N4O2/c1-19-12-17-18-15(19)7-8-16(21)20-10-9-14(11-20)22-13-5-3-2-4-6-13/h2-6,12,14H,7-11H2,1H3/t14-/m1/s1. The lowest BCUT2D eigenvalue weighted by Gasteiger charge is -2.17. The Hall–Kier alpha value is -2.37. The van der Waals surface area contributed by atoms with Gasteiger partial charge in [0.2, 0.25) is 5.91 Å². The lowest BCUT2D eigenvalue weighted by atomic mass is 10.2. The van der Waals surface area contributed by atoms with Crippen LogP contribution in [0.5, 0.6) is 5.75 Å². The van der Waals surface area contributed by atoms with Gasteiger partial charge >= 0.3 is 0 Å². The molecule has 1 fully saturated rings. The van der Waals surface area contributed by atoms with Gasteiger partial charge in [0.25, 0.3) is 0 Å². The number of aryl methyl sites for hydroxylation is 2. The minimum absolute atomic E-state index is 0.0844. The molecule has 2 aromatic rings. The molecule has 1 atom stereocenters. The number of carbonyl (C=O) groups excluding carboxylic acids is 1. The highest BCUT2D eigenvalue weighted by molar-refractivity contribution is 5.76. The van der Waals surface area contributed by atoms with Crippen molar-refractivity contribution in [2.45, 2.75) is 25.4 Å². The maximum Gasteiger partial charge on any atom is 0.223 e. The second-order valence-corrected chi connectivity index (χ2v) is 5.54. The monoisotopic (exact) mass is 300 g/mol. The summed E-state index contributed by atoms with van der Waals surface area (Å²) >= 11 is 0. The van der Waals surface area contributed by atoms with Gasteiger partial charge in [-0.3, -0.25) is 4.79 Å². The van der Waals surface area contributed by atoms with Crippen molar-refractivity contribution in [2.75, 3.05) is 13.1 Å². The molecule has 1 aromatic carbocycles. The van der Waals surface area contributed by atoms with Crippen molar-refractivity contribution in [2.24, 2.45) is 7.05 Å². The number of benzene rings is 1. The Morgan fingerprint density at radius 1 is 1.36 bits per heavy atom. The van der Waals surface area contributed by atoms with E-state index in [-0.39, 0.29) is 12.0 Å². The summed E-state index contributed by atoms with van der Waals surface area (Å²) < 4.78 is 7.75. The minimum Gasteiger partial charge on any atom is -0.489 e. The van der Waals surface area contributed by atoms with Crippen LogP contribution in [0.25, 0.3) is 0 Å². The highest BCUT2D eigenvalue weighted by Crippen LogP contribution is 2.18. The van der Waals surface area contributed by atoms with E-state index in [1.54, 1.807) is 6.33 Å². The van der Waals surface area contributed by atoms with E-state index >= 15 is 0 Å². The molecule has 6 heteroatoms. The molecule has 116 valence electrons. The van der Waals surface area contributed by atoms with Gasteiger partial charge in [0, 0.05) is 32.9 Å². The third kappa shape index (κ3) is 3.44. The van der Waals surface area contributed by atoms with Crippen LogP contribution in [0.4, 0.5) is 0 Å². The third-order valence-electron chi connectivity index (χ3n) is 3.91. The van der Waals surface area contributed by atoms with Crippen LogP contribution < -0.4 is 4.74 Å². The normalized spacial score (nSPS) is 17.7. The summed E-state index contributed by atoms with van der Waals surface area (Å²) in [5.74, 6) is 1.85. The Morgan fingerprint density at radius 3 is 2.91 bits per heavy atom. The number of nitrogens with zero attached hydrogens (tertiary/aromatic N) is 4. The molecule has 0 N–H and O–H groups in total. The van der Waals surface area contributed by atoms with Gasteiger partial charge in [-0.1, -0.05) is 18.2 Å². The maximum absolute atomic E-state index is 12.3. The summed E-state index contributed by atoms with van der Waals surface area (Å²) in [7, 11) is 1.89. The van der Waals surface area contributed by atoms with Gasteiger partial charge in [-0.25, -0.2) is 0 Å². The largest absolute Gasteiger partial charge is 0.489 e. The number of amides is 1. The molecule has 0 saturated carbocycles. The van der Waals surface area contributed by atoms with E-state index < -0.39 is 0 Å². The number of aromatic nitrogens is 3. The summed E-state index contributed by atoms with van der Waals surface area (Å²) in [6.07, 6.45) is 3.70. The van der Waals surface area contributed by atoms with Gasteiger partial charge in [0.05, 0.1) is 6.54 Å². The molecule has 0 radical (unpaired) electrons. The van der Waals surface area contributed by atoms with E-state index in [9.17, 15) is 4.79 Å². The first-order chi connectivity index (χ1) is 10.7. The van der Waals surface area contributed by atoms with Crippen LogP contribution in [0.3, 0.4) is 0 Å². The Kier molecular flexibility index (Phi) is 4.37. The summed E-state index contributed by atoms with van der Waals surface area (Å²) in [6.45, 7) is 1.42. The molecular weight excluding hydrogens is 280 g/mol. The Bertz CT molecular complexity index is 626. The van der Waals surface area contributed by atoms with Crippen LogP contribution >= 0.6 is 0 Å². The van der Waals surface area contributed by atoms with Crippen molar-refractivity contribution in [1.82, 2.24) is 19.7 Å². The SMILES string of the molecule is Cn1cnnc1CCC(=O)N1CC[C@@H](Oc2ccccc2)C1. The highest BCUT2D eigenvalue weighted by Gasteiger charge is 2.27. The molecule has 22 heavy (non-hydrogen) atoms. The van der Waals surface area contributed by atoms with Crippen molar-refractivity contribution >= 4 is 5.91 Å². The van der Waals surface area contributed by atoms with Crippen LogP contribution in [0.2, 0.25) is 0 Å². The van der Waals surface area contributed by atoms with Crippen LogP contribution in [0.1, 0.15) is 18.7 Å². The Labute approximate surface area is 129 Å².